The molecule has 8 heteroatoms. The molecule has 3 N–H and O–H groups in total. The fraction of sp³-hybridized carbons (Fsp3) is 0.600. The highest BCUT2D eigenvalue weighted by molar-refractivity contribution is 7.81. The van der Waals surface area contributed by atoms with Crippen LogP contribution >= 0.6 is 12.6 Å². The second kappa shape index (κ2) is 8.82. The zero-order valence-corrected chi connectivity index (χ0v) is 17.2. The van der Waals surface area contributed by atoms with Crippen LogP contribution in [0.5, 0.6) is 0 Å². The van der Waals surface area contributed by atoms with Crippen LogP contribution in [-0.2, 0) is 19.1 Å². The molecule has 0 saturated carbocycles. The van der Waals surface area contributed by atoms with Gasteiger partial charge in [0.2, 0.25) is 0 Å². The Bertz CT molecular complexity index is 711. The molecule has 0 aromatic heterocycles. The molecule has 0 unspecified atom stereocenters. The van der Waals surface area contributed by atoms with Gasteiger partial charge in [-0.3, -0.25) is 0 Å². The molecule has 6 atom stereocenters. The summed E-state index contributed by atoms with van der Waals surface area (Å²) in [6.45, 7) is 7.99. The molecule has 0 spiro atoms. The van der Waals surface area contributed by atoms with Crippen LogP contribution in [0.3, 0.4) is 0 Å². The summed E-state index contributed by atoms with van der Waals surface area (Å²) in [6, 6.07) is 0. The maximum atomic E-state index is 12.6. The third kappa shape index (κ3) is 4.68. The fourth-order valence-corrected chi connectivity index (χ4v) is 3.67. The molecular weight excluding hydrogens is 384 g/mol. The Balaban J connectivity index is 2.43. The highest BCUT2D eigenvalue weighted by Crippen LogP contribution is 2.37. The second-order valence-corrected chi connectivity index (χ2v) is 8.40. The van der Waals surface area contributed by atoms with Gasteiger partial charge in [0.25, 0.3) is 0 Å². The summed E-state index contributed by atoms with van der Waals surface area (Å²) in [6.07, 6.45) is 1.66. The topological polar surface area (TPSA) is 113 Å². The Morgan fingerprint density at radius 2 is 2.00 bits per heavy atom. The van der Waals surface area contributed by atoms with E-state index in [2.05, 4.69) is 19.2 Å². The number of aliphatic hydroxyl groups is 3. The summed E-state index contributed by atoms with van der Waals surface area (Å²) >= 11 is 4.07. The van der Waals surface area contributed by atoms with Gasteiger partial charge in [-0.2, -0.15) is 12.6 Å². The lowest BCUT2D eigenvalue weighted by molar-refractivity contribution is -0.177. The van der Waals surface area contributed by atoms with Crippen LogP contribution in [0, 0.1) is 5.92 Å². The molecule has 7 nitrogen and oxygen atoms in total. The van der Waals surface area contributed by atoms with E-state index in [1.165, 1.54) is 6.92 Å². The van der Waals surface area contributed by atoms with Gasteiger partial charge in [0, 0.05) is 17.2 Å². The Morgan fingerprint density at radius 3 is 2.57 bits per heavy atom. The van der Waals surface area contributed by atoms with E-state index in [1.807, 2.05) is 6.92 Å². The fourth-order valence-electron chi connectivity index (χ4n) is 3.48. The molecule has 28 heavy (non-hydrogen) atoms. The number of rotatable bonds is 4. The van der Waals surface area contributed by atoms with Crippen molar-refractivity contribution in [3.8, 4) is 0 Å². The van der Waals surface area contributed by atoms with Gasteiger partial charge in [-0.25, -0.2) is 9.59 Å². The molecule has 1 aliphatic heterocycles. The Kier molecular flexibility index (Phi) is 7.14. The van der Waals surface area contributed by atoms with Crippen LogP contribution in [0.1, 0.15) is 33.6 Å². The van der Waals surface area contributed by atoms with Crippen molar-refractivity contribution in [2.45, 2.75) is 62.8 Å². The molecule has 0 bridgehead atoms. The first-order chi connectivity index (χ1) is 13.0. The number of hydrogen-bond donors (Lipinski definition) is 4. The lowest BCUT2D eigenvalue weighted by Gasteiger charge is -2.32. The number of ether oxygens (including phenoxy) is 2. The first-order valence-electron chi connectivity index (χ1n) is 9.14. The van der Waals surface area contributed by atoms with E-state index in [4.69, 9.17) is 9.47 Å². The second-order valence-electron chi connectivity index (χ2n) is 7.62. The van der Waals surface area contributed by atoms with Gasteiger partial charge >= 0.3 is 11.9 Å². The first kappa shape index (κ1) is 22.7. The van der Waals surface area contributed by atoms with Gasteiger partial charge < -0.3 is 24.8 Å². The predicted octanol–water partition coefficient (Wildman–Crippen LogP) is 1.08. The minimum atomic E-state index is -2.19. The maximum absolute atomic E-state index is 12.6. The van der Waals surface area contributed by atoms with Gasteiger partial charge in [0.05, 0.1) is 18.6 Å². The Hall–Kier alpha value is -1.61. The molecule has 156 valence electrons. The number of fused-ring (bicyclic) bond motifs is 1. The number of carbonyl (C=O) groups is 2. The normalized spacial score (nSPS) is 35.4. The minimum Gasteiger partial charge on any atom is -0.459 e. The Labute approximate surface area is 170 Å². The monoisotopic (exact) mass is 412 g/mol. The summed E-state index contributed by atoms with van der Waals surface area (Å²) in [4.78, 5) is 24.8. The van der Waals surface area contributed by atoms with Crippen LogP contribution in [0.2, 0.25) is 0 Å². The number of hydrogen-bond acceptors (Lipinski definition) is 8. The van der Waals surface area contributed by atoms with E-state index < -0.39 is 53.6 Å². The average Bonchev–Trinajstić information content (AvgIpc) is 2.85. The summed E-state index contributed by atoms with van der Waals surface area (Å²) < 4.78 is 11.0. The summed E-state index contributed by atoms with van der Waals surface area (Å²) in [5.41, 5.74) is -0.455. The van der Waals surface area contributed by atoms with E-state index in [0.717, 1.165) is 11.1 Å². The van der Waals surface area contributed by atoms with Crippen molar-refractivity contribution < 1.29 is 34.4 Å². The number of esters is 2. The van der Waals surface area contributed by atoms with E-state index in [-0.39, 0.29) is 12.0 Å². The molecule has 1 aliphatic carbocycles. The SMILES string of the molecule is C=C1C(=O)O[C@@H]2/C=C(\C)C[C@H](O)/C=C(\C)C[C@@H](OC(=O)[C@@](O)(CO)[C@H](C)S)[C@@H]12. The lowest BCUT2D eigenvalue weighted by atomic mass is 9.85. The van der Waals surface area contributed by atoms with Crippen molar-refractivity contribution in [2.75, 3.05) is 6.61 Å². The van der Waals surface area contributed by atoms with E-state index in [1.54, 1.807) is 19.1 Å². The van der Waals surface area contributed by atoms with Crippen LogP contribution < -0.4 is 0 Å². The summed E-state index contributed by atoms with van der Waals surface area (Å²) in [5.74, 6) is -2.27. The van der Waals surface area contributed by atoms with Crippen molar-refractivity contribution in [1.29, 1.82) is 0 Å². The number of thiol groups is 1. The molecule has 2 rings (SSSR count). The molecule has 1 heterocycles. The largest absolute Gasteiger partial charge is 0.459 e. The molecule has 2 aliphatic rings. The van der Waals surface area contributed by atoms with Gasteiger partial charge in [-0.05, 0) is 26.3 Å². The summed E-state index contributed by atoms with van der Waals surface area (Å²) in [7, 11) is 0. The van der Waals surface area contributed by atoms with Crippen molar-refractivity contribution >= 4 is 24.6 Å². The van der Waals surface area contributed by atoms with Crippen molar-refractivity contribution in [2.24, 2.45) is 5.92 Å². The van der Waals surface area contributed by atoms with Gasteiger partial charge in [0.15, 0.2) is 5.60 Å². The van der Waals surface area contributed by atoms with Crippen LogP contribution in [0.15, 0.2) is 35.5 Å². The molecule has 1 saturated heterocycles. The van der Waals surface area contributed by atoms with Crippen LogP contribution in [0.25, 0.3) is 0 Å². The van der Waals surface area contributed by atoms with Crippen molar-refractivity contribution in [3.63, 3.8) is 0 Å². The quantitative estimate of drug-likeness (QED) is 0.237. The smallest absolute Gasteiger partial charge is 0.342 e. The van der Waals surface area contributed by atoms with Gasteiger partial charge in [-0.1, -0.05) is 30.7 Å². The van der Waals surface area contributed by atoms with Gasteiger partial charge in [-0.15, -0.1) is 0 Å². The van der Waals surface area contributed by atoms with Crippen LogP contribution in [0.4, 0.5) is 0 Å². The minimum absolute atomic E-state index is 0.173. The first-order valence-corrected chi connectivity index (χ1v) is 9.66. The van der Waals surface area contributed by atoms with Gasteiger partial charge in [0.1, 0.15) is 12.2 Å². The average molecular weight is 413 g/mol. The van der Waals surface area contributed by atoms with E-state index >= 15 is 0 Å². The Morgan fingerprint density at radius 1 is 1.39 bits per heavy atom. The summed E-state index contributed by atoms with van der Waals surface area (Å²) in [5, 5.41) is 29.2. The zero-order valence-electron chi connectivity index (χ0n) is 16.3. The van der Waals surface area contributed by atoms with Crippen LogP contribution in [-0.4, -0.2) is 63.0 Å². The standard InChI is InChI=1S/C20H28O7S/c1-10-5-14(22)6-11(2)8-16(17-12(3)18(23)26-15(17)7-10)27-19(24)20(25,9-21)13(4)28/h6-7,13-17,21-22,25,28H,3,5,8-9H2,1-2,4H3/b10-7+,11-6+/t13-,14-,15+,16+,17-,20+/m0/s1. The predicted molar refractivity (Wildman–Crippen MR) is 106 cm³/mol. The highest BCUT2D eigenvalue weighted by atomic mass is 32.1. The highest BCUT2D eigenvalue weighted by Gasteiger charge is 2.48. The maximum Gasteiger partial charge on any atom is 0.342 e. The molecule has 0 aromatic carbocycles. The lowest BCUT2D eigenvalue weighted by Crippen LogP contribution is -2.52. The third-order valence-corrected chi connectivity index (χ3v) is 5.61. The third-order valence-electron chi connectivity index (χ3n) is 5.19. The van der Waals surface area contributed by atoms with Crippen molar-refractivity contribution in [3.05, 3.63) is 35.5 Å². The van der Waals surface area contributed by atoms with Crippen molar-refractivity contribution in [1.82, 2.24) is 0 Å². The molecular formula is C20H28O7S. The number of carbonyl (C=O) groups excluding carboxylic acids is 2. The van der Waals surface area contributed by atoms with E-state index in [9.17, 15) is 24.9 Å². The molecule has 0 aromatic rings. The molecule has 0 radical (unpaired) electrons. The molecule has 0 amide bonds. The molecule has 1 fully saturated rings. The zero-order chi connectivity index (χ0) is 21.2. The van der Waals surface area contributed by atoms with E-state index in [0.29, 0.717) is 6.42 Å². The number of aliphatic hydroxyl groups excluding tert-OH is 2.